The number of thiazole rings is 1. The second-order valence-corrected chi connectivity index (χ2v) is 7.08. The standard InChI is InChI=1S/C18H22N2OS/c1-13-17(18(21)20-15-10-6-3-7-11-15)22-16(19-13)12-14-8-4-2-5-9-14/h2,4-5,8-9,15H,3,6-7,10-12H2,1H3,(H,20,21). The van der Waals surface area contributed by atoms with Crippen molar-refractivity contribution in [1.82, 2.24) is 10.3 Å². The maximum atomic E-state index is 12.5. The summed E-state index contributed by atoms with van der Waals surface area (Å²) in [5.74, 6) is 0.0567. The van der Waals surface area contributed by atoms with E-state index in [1.54, 1.807) is 0 Å². The molecule has 2 aromatic rings. The Labute approximate surface area is 135 Å². The summed E-state index contributed by atoms with van der Waals surface area (Å²) in [5.41, 5.74) is 2.08. The topological polar surface area (TPSA) is 42.0 Å². The molecule has 0 atom stereocenters. The molecule has 0 aliphatic heterocycles. The molecule has 0 bridgehead atoms. The van der Waals surface area contributed by atoms with Crippen LogP contribution in [0.2, 0.25) is 0 Å². The van der Waals surface area contributed by atoms with Crippen molar-refractivity contribution in [3.05, 3.63) is 51.5 Å². The van der Waals surface area contributed by atoms with Crippen LogP contribution >= 0.6 is 11.3 Å². The van der Waals surface area contributed by atoms with E-state index >= 15 is 0 Å². The maximum Gasteiger partial charge on any atom is 0.263 e. The molecule has 1 aromatic carbocycles. The van der Waals surface area contributed by atoms with Crippen molar-refractivity contribution in [3.8, 4) is 0 Å². The van der Waals surface area contributed by atoms with Gasteiger partial charge in [0.2, 0.25) is 0 Å². The van der Waals surface area contributed by atoms with Crippen molar-refractivity contribution >= 4 is 17.2 Å². The zero-order valence-corrected chi connectivity index (χ0v) is 13.8. The van der Waals surface area contributed by atoms with Gasteiger partial charge in [0.1, 0.15) is 4.88 Å². The van der Waals surface area contributed by atoms with E-state index in [-0.39, 0.29) is 5.91 Å². The van der Waals surface area contributed by atoms with E-state index < -0.39 is 0 Å². The molecule has 3 rings (SSSR count). The van der Waals surface area contributed by atoms with Crippen LogP contribution in [0.1, 0.15) is 58.0 Å². The summed E-state index contributed by atoms with van der Waals surface area (Å²) in [6.45, 7) is 1.93. The molecule has 1 aliphatic carbocycles. The SMILES string of the molecule is Cc1nc(Cc2ccccc2)sc1C(=O)NC1CCCCC1. The van der Waals surface area contributed by atoms with Gasteiger partial charge in [0, 0.05) is 12.5 Å². The Morgan fingerprint density at radius 2 is 1.95 bits per heavy atom. The quantitative estimate of drug-likeness (QED) is 0.923. The third-order valence-electron chi connectivity index (χ3n) is 4.19. The minimum absolute atomic E-state index is 0.0567. The van der Waals surface area contributed by atoms with Gasteiger partial charge < -0.3 is 5.32 Å². The average molecular weight is 314 g/mol. The van der Waals surface area contributed by atoms with Crippen molar-refractivity contribution in [2.75, 3.05) is 0 Å². The minimum atomic E-state index is 0.0567. The number of hydrogen-bond donors (Lipinski definition) is 1. The predicted molar refractivity (Wildman–Crippen MR) is 90.4 cm³/mol. The van der Waals surface area contributed by atoms with Crippen molar-refractivity contribution < 1.29 is 4.79 Å². The lowest BCUT2D eigenvalue weighted by Crippen LogP contribution is -2.36. The van der Waals surface area contributed by atoms with E-state index in [1.807, 2.05) is 25.1 Å². The van der Waals surface area contributed by atoms with Gasteiger partial charge >= 0.3 is 0 Å². The molecule has 1 aliphatic rings. The highest BCUT2D eigenvalue weighted by Crippen LogP contribution is 2.23. The molecule has 1 amide bonds. The molecular weight excluding hydrogens is 292 g/mol. The lowest BCUT2D eigenvalue weighted by molar-refractivity contribution is 0.0931. The molecule has 0 saturated heterocycles. The smallest absolute Gasteiger partial charge is 0.263 e. The van der Waals surface area contributed by atoms with Gasteiger partial charge in [-0.25, -0.2) is 4.98 Å². The Balaban J connectivity index is 1.67. The molecule has 1 fully saturated rings. The number of nitrogens with one attached hydrogen (secondary N) is 1. The van der Waals surface area contributed by atoms with E-state index in [0.717, 1.165) is 34.8 Å². The summed E-state index contributed by atoms with van der Waals surface area (Å²) in [4.78, 5) is 17.8. The van der Waals surface area contributed by atoms with Gasteiger partial charge in [0.25, 0.3) is 5.91 Å². The largest absolute Gasteiger partial charge is 0.349 e. The van der Waals surface area contributed by atoms with Crippen molar-refractivity contribution in [3.63, 3.8) is 0 Å². The van der Waals surface area contributed by atoms with Crippen LogP contribution in [-0.4, -0.2) is 16.9 Å². The molecule has 1 saturated carbocycles. The van der Waals surface area contributed by atoms with E-state index in [0.29, 0.717) is 6.04 Å². The normalized spacial score (nSPS) is 15.7. The average Bonchev–Trinajstić information content (AvgIpc) is 2.90. The first kappa shape index (κ1) is 15.2. The van der Waals surface area contributed by atoms with Crippen LogP contribution in [0.5, 0.6) is 0 Å². The number of benzene rings is 1. The highest BCUT2D eigenvalue weighted by molar-refractivity contribution is 7.13. The summed E-state index contributed by atoms with van der Waals surface area (Å²) in [6, 6.07) is 10.6. The fraction of sp³-hybridized carbons (Fsp3) is 0.444. The Hall–Kier alpha value is -1.68. The van der Waals surface area contributed by atoms with Crippen LogP contribution in [0.3, 0.4) is 0 Å². The molecule has 1 aromatic heterocycles. The number of rotatable bonds is 4. The van der Waals surface area contributed by atoms with Gasteiger partial charge in [0.15, 0.2) is 0 Å². The first-order valence-electron chi connectivity index (χ1n) is 8.03. The maximum absolute atomic E-state index is 12.5. The zero-order valence-electron chi connectivity index (χ0n) is 13.0. The number of amides is 1. The molecule has 0 radical (unpaired) electrons. The van der Waals surface area contributed by atoms with Gasteiger partial charge in [-0.15, -0.1) is 11.3 Å². The van der Waals surface area contributed by atoms with Crippen LogP contribution < -0.4 is 5.32 Å². The number of hydrogen-bond acceptors (Lipinski definition) is 3. The Kier molecular flexibility index (Phi) is 4.88. The van der Waals surface area contributed by atoms with Crippen LogP contribution in [0.4, 0.5) is 0 Å². The highest BCUT2D eigenvalue weighted by atomic mass is 32.1. The minimum Gasteiger partial charge on any atom is -0.349 e. The Morgan fingerprint density at radius 1 is 1.23 bits per heavy atom. The van der Waals surface area contributed by atoms with Gasteiger partial charge in [0.05, 0.1) is 10.7 Å². The lowest BCUT2D eigenvalue weighted by atomic mass is 9.95. The van der Waals surface area contributed by atoms with E-state index in [2.05, 4.69) is 22.4 Å². The van der Waals surface area contributed by atoms with Crippen LogP contribution in [0.15, 0.2) is 30.3 Å². The first-order chi connectivity index (χ1) is 10.7. The van der Waals surface area contributed by atoms with Crippen molar-refractivity contribution in [2.24, 2.45) is 0 Å². The summed E-state index contributed by atoms with van der Waals surface area (Å²) in [5, 5.41) is 4.20. The monoisotopic (exact) mass is 314 g/mol. The lowest BCUT2D eigenvalue weighted by Gasteiger charge is -2.22. The molecule has 0 spiro atoms. The molecule has 1 heterocycles. The van der Waals surface area contributed by atoms with Gasteiger partial charge in [-0.1, -0.05) is 49.6 Å². The number of carbonyl (C=O) groups is 1. The van der Waals surface area contributed by atoms with Crippen molar-refractivity contribution in [1.29, 1.82) is 0 Å². The van der Waals surface area contributed by atoms with Gasteiger partial charge in [-0.2, -0.15) is 0 Å². The molecule has 1 N–H and O–H groups in total. The molecule has 4 heteroatoms. The third-order valence-corrected chi connectivity index (χ3v) is 5.34. The molecule has 22 heavy (non-hydrogen) atoms. The summed E-state index contributed by atoms with van der Waals surface area (Å²) < 4.78 is 0. The van der Waals surface area contributed by atoms with Crippen LogP contribution in [0, 0.1) is 6.92 Å². The Morgan fingerprint density at radius 3 is 2.68 bits per heavy atom. The van der Waals surface area contributed by atoms with Crippen molar-refractivity contribution in [2.45, 2.75) is 51.5 Å². The molecular formula is C18H22N2OS. The van der Waals surface area contributed by atoms with E-state index in [4.69, 9.17) is 0 Å². The predicted octanol–water partition coefficient (Wildman–Crippen LogP) is 4.10. The zero-order chi connectivity index (χ0) is 15.4. The first-order valence-corrected chi connectivity index (χ1v) is 8.85. The molecule has 3 nitrogen and oxygen atoms in total. The second kappa shape index (κ2) is 7.05. The third kappa shape index (κ3) is 3.74. The fourth-order valence-corrected chi connectivity index (χ4v) is 4.01. The fourth-order valence-electron chi connectivity index (χ4n) is 3.01. The summed E-state index contributed by atoms with van der Waals surface area (Å²) in [7, 11) is 0. The molecule has 116 valence electrons. The van der Waals surface area contributed by atoms with Gasteiger partial charge in [-0.05, 0) is 25.3 Å². The molecule has 0 unspecified atom stereocenters. The summed E-state index contributed by atoms with van der Waals surface area (Å²) in [6.07, 6.45) is 6.77. The van der Waals surface area contributed by atoms with Crippen LogP contribution in [0.25, 0.3) is 0 Å². The van der Waals surface area contributed by atoms with E-state index in [9.17, 15) is 4.79 Å². The Bertz CT molecular complexity index is 630. The summed E-state index contributed by atoms with van der Waals surface area (Å²) >= 11 is 1.53. The van der Waals surface area contributed by atoms with E-state index in [1.165, 1.54) is 36.2 Å². The number of carbonyl (C=O) groups excluding carboxylic acids is 1. The highest BCUT2D eigenvalue weighted by Gasteiger charge is 2.20. The number of aromatic nitrogens is 1. The second-order valence-electron chi connectivity index (χ2n) is 5.99. The van der Waals surface area contributed by atoms with Crippen LogP contribution in [-0.2, 0) is 6.42 Å². The van der Waals surface area contributed by atoms with Gasteiger partial charge in [-0.3, -0.25) is 4.79 Å². The number of aryl methyl sites for hydroxylation is 1. The number of nitrogens with zero attached hydrogens (tertiary/aromatic N) is 1.